The van der Waals surface area contributed by atoms with Crippen molar-refractivity contribution in [3.05, 3.63) is 70.9 Å². The summed E-state index contributed by atoms with van der Waals surface area (Å²) in [5.74, 6) is -7.92. The molecule has 3 aromatic rings. The molecule has 3 heterocycles. The molecule has 19 heteroatoms. The van der Waals surface area contributed by atoms with Gasteiger partial charge in [-0.05, 0) is 82.3 Å². The number of benzene rings is 2. The molecule has 6 rings (SSSR count). The quantitative estimate of drug-likeness (QED) is 0.0843. The summed E-state index contributed by atoms with van der Waals surface area (Å²) in [5, 5.41) is 28.8. The maximum absolute atomic E-state index is 14.0. The Bertz CT molecular complexity index is 2250. The number of halogens is 2. The molecule has 3 aliphatic rings. The number of fused-ring (bicyclic) bond motifs is 1. The maximum atomic E-state index is 14.0. The molecule has 2 radical (unpaired) electrons. The number of hydrogen-bond donors (Lipinski definition) is 4. The van der Waals surface area contributed by atoms with Gasteiger partial charge in [0.25, 0.3) is 5.91 Å². The first-order chi connectivity index (χ1) is 30.9. The molecular formula is C46H58BF2N9O7. The zero-order valence-corrected chi connectivity index (χ0v) is 37.5. The van der Waals surface area contributed by atoms with E-state index < -0.39 is 59.9 Å². The van der Waals surface area contributed by atoms with Crippen molar-refractivity contribution in [1.82, 2.24) is 41.1 Å². The van der Waals surface area contributed by atoms with Crippen molar-refractivity contribution in [3.63, 3.8) is 0 Å². The van der Waals surface area contributed by atoms with E-state index in [2.05, 4.69) is 31.5 Å². The van der Waals surface area contributed by atoms with Crippen molar-refractivity contribution in [1.29, 1.82) is 5.26 Å². The van der Waals surface area contributed by atoms with Gasteiger partial charge in [0.1, 0.15) is 5.69 Å². The summed E-state index contributed by atoms with van der Waals surface area (Å²) in [7, 11) is 5.37. The molecule has 2 aromatic carbocycles. The number of aromatic nitrogens is 3. The number of rotatable bonds is 22. The van der Waals surface area contributed by atoms with Gasteiger partial charge in [-0.25, -0.2) is 13.5 Å². The molecule has 0 bridgehead atoms. The smallest absolute Gasteiger partial charge is 0.251 e. The second-order valence-corrected chi connectivity index (χ2v) is 18.4. The summed E-state index contributed by atoms with van der Waals surface area (Å²) in [5.41, 5.74) is 3.88. The van der Waals surface area contributed by atoms with Gasteiger partial charge in [-0.3, -0.25) is 24.0 Å². The van der Waals surface area contributed by atoms with E-state index in [9.17, 15) is 38.0 Å². The lowest BCUT2D eigenvalue weighted by molar-refractivity contribution is -0.135. The first-order valence-corrected chi connectivity index (χ1v) is 22.1. The number of nitriles is 1. The Balaban J connectivity index is 0.908. The number of amides is 4. The standard InChI is InChI=1S/C46H58BF2N9O7/c1-44(2,13-15-53-47)65-19-14-45(3,4)64-18-12-39(59)51-16-17-52-42(62)30-10-8-29(9-11-30)38-28-58(56-55-38)26-32-7-5-6-31-25-57(27-36(31)32)40(60)21-33-20-37(54-43(33)63)41(61)35-23-46(48,49)22-34(35)24-50/h5-11,28,33-35,37,53H,12-23,25-27H2,1-4H3,(H,51,59)(H,52,62)(H,54,63)/t33-,34-,35?,37-/m0/s1. The Morgan fingerprint density at radius 1 is 0.969 bits per heavy atom. The fraction of sp³-hybridized carbons (Fsp3) is 0.565. The van der Waals surface area contributed by atoms with E-state index in [1.165, 1.54) is 0 Å². The Labute approximate surface area is 379 Å². The highest BCUT2D eigenvalue weighted by molar-refractivity contribution is 6.04. The van der Waals surface area contributed by atoms with E-state index >= 15 is 0 Å². The fourth-order valence-corrected chi connectivity index (χ4v) is 8.52. The van der Waals surface area contributed by atoms with Crippen LogP contribution in [0.5, 0.6) is 0 Å². The predicted octanol–water partition coefficient (Wildman–Crippen LogP) is 3.76. The normalized spacial score (nSPS) is 20.3. The van der Waals surface area contributed by atoms with Crippen LogP contribution >= 0.6 is 0 Å². The van der Waals surface area contributed by atoms with Gasteiger partial charge >= 0.3 is 0 Å². The van der Waals surface area contributed by atoms with Crippen molar-refractivity contribution in [3.8, 4) is 17.3 Å². The van der Waals surface area contributed by atoms with Crippen molar-refractivity contribution in [2.45, 2.75) is 115 Å². The van der Waals surface area contributed by atoms with Crippen LogP contribution < -0.4 is 21.2 Å². The lowest BCUT2D eigenvalue weighted by Gasteiger charge is -2.29. The predicted molar refractivity (Wildman–Crippen MR) is 235 cm³/mol. The molecule has 2 fully saturated rings. The number of hydrogen-bond acceptors (Lipinski definition) is 11. The number of nitrogens with one attached hydrogen (secondary N) is 4. The summed E-state index contributed by atoms with van der Waals surface area (Å²) >= 11 is 0. The minimum Gasteiger partial charge on any atom is -0.375 e. The van der Waals surface area contributed by atoms with Crippen LogP contribution in [0.25, 0.3) is 11.3 Å². The van der Waals surface area contributed by atoms with Crippen LogP contribution in [-0.2, 0) is 48.3 Å². The van der Waals surface area contributed by atoms with Crippen LogP contribution in [0.2, 0.25) is 0 Å². The summed E-state index contributed by atoms with van der Waals surface area (Å²) in [6, 6.07) is 13.6. The summed E-state index contributed by atoms with van der Waals surface area (Å²) in [6.45, 7) is 10.9. The maximum Gasteiger partial charge on any atom is 0.251 e. The molecule has 1 saturated heterocycles. The zero-order valence-electron chi connectivity index (χ0n) is 37.5. The number of ether oxygens (including phenoxy) is 2. The SMILES string of the molecule is [B]NCCC(C)(C)OCCC(C)(C)OCCC(=O)NCCNC(=O)c1ccc(-c2cn(Cc3cccc4c3CN(C(=O)C[C@@H]3C[C@@H](C(=O)C5CC(F)(F)C[C@H]5C#N)NC3=O)C4)nn2)cc1. The Morgan fingerprint density at radius 2 is 1.69 bits per heavy atom. The second-order valence-electron chi connectivity index (χ2n) is 18.4. The van der Waals surface area contributed by atoms with Gasteiger partial charge in [-0.2, -0.15) is 5.26 Å². The fourth-order valence-electron chi connectivity index (χ4n) is 8.52. The zero-order chi connectivity index (χ0) is 46.9. The van der Waals surface area contributed by atoms with Gasteiger partial charge in [-0.1, -0.05) is 35.5 Å². The molecule has 346 valence electrons. The number of carbonyl (C=O) groups is 5. The first-order valence-electron chi connectivity index (χ1n) is 22.1. The average Bonchev–Trinajstić information content (AvgIpc) is 4.07. The third-order valence-electron chi connectivity index (χ3n) is 12.4. The minimum absolute atomic E-state index is 0.0185. The molecule has 1 aromatic heterocycles. The van der Waals surface area contributed by atoms with Crippen LogP contribution in [-0.4, -0.2) is 113 Å². The van der Waals surface area contributed by atoms with E-state index in [1.807, 2.05) is 52.0 Å². The number of ketones is 1. The van der Waals surface area contributed by atoms with Crippen LogP contribution in [0.1, 0.15) is 99.7 Å². The third kappa shape index (κ3) is 13.3. The van der Waals surface area contributed by atoms with Gasteiger partial charge in [0.15, 0.2) is 13.8 Å². The number of alkyl halides is 2. The van der Waals surface area contributed by atoms with Gasteiger partial charge in [0, 0.05) is 74.8 Å². The van der Waals surface area contributed by atoms with E-state index in [0.717, 1.165) is 28.7 Å². The first kappa shape index (κ1) is 48.9. The molecule has 4 atom stereocenters. The van der Waals surface area contributed by atoms with Crippen molar-refractivity contribution >= 4 is 37.4 Å². The summed E-state index contributed by atoms with van der Waals surface area (Å²) in [4.78, 5) is 66.3. The van der Waals surface area contributed by atoms with Crippen molar-refractivity contribution in [2.24, 2.45) is 17.8 Å². The molecule has 65 heavy (non-hydrogen) atoms. The Hall–Kier alpha value is -5.58. The Kier molecular flexibility index (Phi) is 15.9. The summed E-state index contributed by atoms with van der Waals surface area (Å²) in [6.07, 6.45) is 1.92. The number of carbonyl (C=O) groups excluding carboxylic acids is 5. The topological polar surface area (TPSA) is 210 Å². The Morgan fingerprint density at radius 3 is 2.43 bits per heavy atom. The van der Waals surface area contributed by atoms with E-state index in [1.54, 1.807) is 40.0 Å². The highest BCUT2D eigenvalue weighted by atomic mass is 19.3. The molecule has 0 spiro atoms. The van der Waals surface area contributed by atoms with Gasteiger partial charge < -0.3 is 35.6 Å². The highest BCUT2D eigenvalue weighted by Gasteiger charge is 2.52. The van der Waals surface area contributed by atoms with Gasteiger partial charge in [0.05, 0.1) is 55.2 Å². The largest absolute Gasteiger partial charge is 0.375 e. The molecule has 4 N–H and O–H groups in total. The van der Waals surface area contributed by atoms with Crippen LogP contribution in [0, 0.1) is 29.1 Å². The molecule has 4 amide bonds. The molecule has 2 aliphatic heterocycles. The van der Waals surface area contributed by atoms with Crippen molar-refractivity contribution in [2.75, 3.05) is 32.8 Å². The van der Waals surface area contributed by atoms with E-state index in [0.29, 0.717) is 50.5 Å². The van der Waals surface area contributed by atoms with Crippen molar-refractivity contribution < 1.29 is 42.2 Å². The molecule has 1 aliphatic carbocycles. The average molecular weight is 898 g/mol. The second kappa shape index (κ2) is 21.2. The lowest BCUT2D eigenvalue weighted by atomic mass is 9.87. The van der Waals surface area contributed by atoms with Gasteiger partial charge in [0.2, 0.25) is 23.6 Å². The summed E-state index contributed by atoms with van der Waals surface area (Å²) < 4.78 is 41.6. The van der Waals surface area contributed by atoms with Crippen LogP contribution in [0.4, 0.5) is 8.78 Å². The third-order valence-corrected chi connectivity index (χ3v) is 12.4. The van der Waals surface area contributed by atoms with Gasteiger partial charge in [-0.15, -0.1) is 5.10 Å². The number of Topliss-reactive ketones (excluding diaryl/α,β-unsaturated/α-hetero) is 1. The minimum atomic E-state index is -3.10. The van der Waals surface area contributed by atoms with Crippen LogP contribution in [0.3, 0.4) is 0 Å². The molecular weight excluding hydrogens is 839 g/mol. The highest BCUT2D eigenvalue weighted by Crippen LogP contribution is 2.44. The monoisotopic (exact) mass is 897 g/mol. The molecule has 16 nitrogen and oxygen atoms in total. The van der Waals surface area contributed by atoms with E-state index in [-0.39, 0.29) is 62.3 Å². The van der Waals surface area contributed by atoms with Crippen LogP contribution in [0.15, 0.2) is 48.7 Å². The lowest BCUT2D eigenvalue weighted by Crippen LogP contribution is -2.38. The molecule has 1 saturated carbocycles. The van der Waals surface area contributed by atoms with E-state index in [4.69, 9.17) is 17.5 Å². The number of nitrogens with zero attached hydrogens (tertiary/aromatic N) is 5. The molecule has 1 unspecified atom stereocenters.